The van der Waals surface area contributed by atoms with Crippen LogP contribution >= 0.6 is 0 Å². The molecule has 2 N–H and O–H groups in total. The molecular formula is C32H36N6O5. The van der Waals surface area contributed by atoms with Gasteiger partial charge in [-0.3, -0.25) is 19.5 Å². The van der Waals surface area contributed by atoms with Crippen molar-refractivity contribution in [2.75, 3.05) is 26.7 Å². The third-order valence-electron chi connectivity index (χ3n) is 9.20. The van der Waals surface area contributed by atoms with Crippen molar-refractivity contribution in [1.82, 2.24) is 30.1 Å². The van der Waals surface area contributed by atoms with Crippen LogP contribution in [0.4, 0.5) is 0 Å². The van der Waals surface area contributed by atoms with Crippen LogP contribution in [0.2, 0.25) is 0 Å². The minimum atomic E-state index is -0.960. The number of nitrogens with zero attached hydrogens (tertiary/aromatic N) is 5. The second-order valence-corrected chi connectivity index (χ2v) is 11.6. The smallest absolute Gasteiger partial charge is 0.337 e. The fraction of sp³-hybridized carbons (Fsp3) is 0.438. The van der Waals surface area contributed by atoms with Crippen LogP contribution in [0.25, 0.3) is 11.4 Å². The number of ether oxygens (including phenoxy) is 1. The van der Waals surface area contributed by atoms with Gasteiger partial charge in [0.15, 0.2) is 5.82 Å². The van der Waals surface area contributed by atoms with E-state index in [1.165, 1.54) is 13.2 Å². The second kappa shape index (κ2) is 12.2. The van der Waals surface area contributed by atoms with Gasteiger partial charge in [0.2, 0.25) is 5.91 Å². The van der Waals surface area contributed by atoms with Gasteiger partial charge >= 0.3 is 5.97 Å². The normalized spacial score (nSPS) is 25.3. The fourth-order valence-corrected chi connectivity index (χ4v) is 6.96. The second-order valence-electron chi connectivity index (χ2n) is 11.6. The molecule has 11 nitrogen and oxygen atoms in total. The molecule has 1 aliphatic carbocycles. The Morgan fingerprint density at radius 2 is 1.70 bits per heavy atom. The van der Waals surface area contributed by atoms with E-state index in [1.807, 2.05) is 17.0 Å². The molecule has 4 heterocycles. The third-order valence-corrected chi connectivity index (χ3v) is 9.20. The summed E-state index contributed by atoms with van der Waals surface area (Å²) in [5.41, 5.74) is 1.12. The molecule has 0 bridgehead atoms. The zero-order chi connectivity index (χ0) is 30.0. The highest BCUT2D eigenvalue weighted by Gasteiger charge is 2.48. The van der Waals surface area contributed by atoms with E-state index in [4.69, 9.17) is 4.74 Å². The van der Waals surface area contributed by atoms with Crippen LogP contribution in [-0.4, -0.2) is 92.5 Å². The zero-order valence-electron chi connectivity index (χ0n) is 24.2. The van der Waals surface area contributed by atoms with Gasteiger partial charge in [0.25, 0.3) is 5.91 Å². The first-order valence-electron chi connectivity index (χ1n) is 14.8. The summed E-state index contributed by atoms with van der Waals surface area (Å²) in [6, 6.07) is 12.6. The number of likely N-dealkylation sites (tertiary alicyclic amines) is 2. The van der Waals surface area contributed by atoms with Crippen LogP contribution in [0.15, 0.2) is 61.1 Å². The Morgan fingerprint density at radius 1 is 0.953 bits per heavy atom. The molecule has 224 valence electrons. The van der Waals surface area contributed by atoms with Crippen LogP contribution in [0.5, 0.6) is 0 Å². The van der Waals surface area contributed by atoms with E-state index in [9.17, 15) is 19.5 Å². The van der Waals surface area contributed by atoms with Gasteiger partial charge in [-0.2, -0.15) is 0 Å². The zero-order valence-corrected chi connectivity index (χ0v) is 24.2. The van der Waals surface area contributed by atoms with Crippen molar-refractivity contribution in [3.05, 3.63) is 77.9 Å². The Kier molecular flexibility index (Phi) is 8.18. The molecule has 11 heteroatoms. The molecule has 0 spiro atoms. The van der Waals surface area contributed by atoms with Crippen LogP contribution in [-0.2, 0) is 15.1 Å². The lowest BCUT2D eigenvalue weighted by atomic mass is 9.79. The summed E-state index contributed by atoms with van der Waals surface area (Å²) < 4.78 is 4.72. The molecule has 43 heavy (non-hydrogen) atoms. The highest BCUT2D eigenvalue weighted by atomic mass is 16.5. The van der Waals surface area contributed by atoms with E-state index in [1.54, 1.807) is 42.9 Å². The lowest BCUT2D eigenvalue weighted by Gasteiger charge is -2.41. The molecule has 3 aromatic rings. The number of benzene rings is 1. The van der Waals surface area contributed by atoms with E-state index >= 15 is 0 Å². The molecule has 2 aromatic heterocycles. The largest absolute Gasteiger partial charge is 0.465 e. The van der Waals surface area contributed by atoms with E-state index < -0.39 is 17.5 Å². The molecule has 6 rings (SSSR count). The van der Waals surface area contributed by atoms with E-state index in [0.29, 0.717) is 42.5 Å². The number of carbonyl (C=O) groups is 3. The van der Waals surface area contributed by atoms with Gasteiger partial charge in [0, 0.05) is 60.9 Å². The van der Waals surface area contributed by atoms with Gasteiger partial charge in [-0.25, -0.2) is 14.8 Å². The molecule has 2 aliphatic heterocycles. The standard InChI is InChI=1S/C32H36N6O5/c1-43-31(41)22-5-2-4-21(18-22)30(40)36-20-28(39)38-17-11-25-26(38)10-16-37(25)24-8-12-32(42,13-9-24)27-7-6-23(19-35-27)29-33-14-3-15-34-29/h2-7,14-15,18-19,24-26,42H,8-13,16-17,20H2,1H3,(H,36,40)/t24-,25?,26?,32-. The number of hydrogen-bond acceptors (Lipinski definition) is 9. The first kappa shape index (κ1) is 28.9. The number of carbonyl (C=O) groups excluding carboxylic acids is 3. The number of amides is 2. The van der Waals surface area contributed by atoms with Crippen LogP contribution in [0, 0.1) is 0 Å². The third kappa shape index (κ3) is 5.87. The quantitative estimate of drug-likeness (QED) is 0.401. The van der Waals surface area contributed by atoms with Gasteiger partial charge in [-0.1, -0.05) is 6.07 Å². The Hall–Kier alpha value is -4.22. The van der Waals surface area contributed by atoms with E-state index in [0.717, 1.165) is 37.8 Å². The maximum Gasteiger partial charge on any atom is 0.337 e. The predicted molar refractivity (Wildman–Crippen MR) is 157 cm³/mol. The number of fused-ring (bicyclic) bond motifs is 1. The molecule has 1 aromatic carbocycles. The summed E-state index contributed by atoms with van der Waals surface area (Å²) in [7, 11) is 1.29. The maximum absolute atomic E-state index is 13.2. The number of nitrogens with one attached hydrogen (secondary N) is 1. The van der Waals surface area contributed by atoms with Gasteiger partial charge in [0.05, 0.1) is 24.9 Å². The van der Waals surface area contributed by atoms with E-state index in [2.05, 4.69) is 25.2 Å². The first-order chi connectivity index (χ1) is 20.9. The van der Waals surface area contributed by atoms with Gasteiger partial charge < -0.3 is 20.1 Å². The molecule has 0 radical (unpaired) electrons. The Labute approximate surface area is 250 Å². The highest BCUT2D eigenvalue weighted by Crippen LogP contribution is 2.42. The number of hydrogen-bond donors (Lipinski definition) is 2. The molecule has 1 saturated carbocycles. The number of rotatable bonds is 7. The molecular weight excluding hydrogens is 548 g/mol. The summed E-state index contributed by atoms with van der Waals surface area (Å²) in [5, 5.41) is 14.2. The van der Waals surface area contributed by atoms with Gasteiger partial charge in [0.1, 0.15) is 5.60 Å². The van der Waals surface area contributed by atoms with Gasteiger partial charge in [-0.15, -0.1) is 0 Å². The summed E-state index contributed by atoms with van der Waals surface area (Å²) in [4.78, 5) is 55.2. The monoisotopic (exact) mass is 584 g/mol. The molecule has 3 aliphatic rings. The summed E-state index contributed by atoms with van der Waals surface area (Å²) in [5.74, 6) is -0.417. The average Bonchev–Trinajstić information content (AvgIpc) is 3.67. The minimum absolute atomic E-state index is 0.0941. The molecule has 3 fully saturated rings. The highest BCUT2D eigenvalue weighted by molar-refractivity contribution is 5.99. The number of aromatic nitrogens is 3. The Morgan fingerprint density at radius 3 is 2.42 bits per heavy atom. The van der Waals surface area contributed by atoms with Crippen LogP contribution in [0.1, 0.15) is 64.9 Å². The van der Waals surface area contributed by atoms with Crippen molar-refractivity contribution >= 4 is 17.8 Å². The van der Waals surface area contributed by atoms with Crippen LogP contribution < -0.4 is 5.32 Å². The van der Waals surface area contributed by atoms with Crippen molar-refractivity contribution in [1.29, 1.82) is 0 Å². The van der Waals surface area contributed by atoms with Crippen molar-refractivity contribution in [3.8, 4) is 11.4 Å². The number of pyridine rings is 1. The van der Waals surface area contributed by atoms with Crippen molar-refractivity contribution in [2.24, 2.45) is 0 Å². The molecule has 2 amide bonds. The van der Waals surface area contributed by atoms with Crippen LogP contribution in [0.3, 0.4) is 0 Å². The average molecular weight is 585 g/mol. The number of methoxy groups -OCH3 is 1. The minimum Gasteiger partial charge on any atom is -0.465 e. The maximum atomic E-state index is 13.2. The summed E-state index contributed by atoms with van der Waals surface area (Å²) in [6.07, 6.45) is 9.90. The van der Waals surface area contributed by atoms with E-state index in [-0.39, 0.29) is 30.1 Å². The molecule has 2 unspecified atom stereocenters. The number of esters is 1. The lowest BCUT2D eigenvalue weighted by Crippen LogP contribution is -2.47. The van der Waals surface area contributed by atoms with Crippen molar-refractivity contribution < 1.29 is 24.2 Å². The fourth-order valence-electron chi connectivity index (χ4n) is 6.96. The summed E-state index contributed by atoms with van der Waals surface area (Å²) >= 11 is 0. The van der Waals surface area contributed by atoms with Crippen molar-refractivity contribution in [3.63, 3.8) is 0 Å². The summed E-state index contributed by atoms with van der Waals surface area (Å²) in [6.45, 7) is 1.48. The van der Waals surface area contributed by atoms with Crippen molar-refractivity contribution in [2.45, 2.75) is 62.3 Å². The molecule has 2 saturated heterocycles. The first-order valence-corrected chi connectivity index (χ1v) is 14.8. The topological polar surface area (TPSA) is 138 Å². The Bertz CT molecular complexity index is 1480. The SMILES string of the molecule is COC(=O)c1cccc(C(=O)NCC(=O)N2CCC3C2CCN3[C@H]2CC[C@@](O)(c3ccc(-c4ncccn4)cn3)CC2)c1. The number of aliphatic hydroxyl groups is 1. The Balaban J connectivity index is 1.01. The predicted octanol–water partition coefficient (Wildman–Crippen LogP) is 2.56. The van der Waals surface area contributed by atoms with Gasteiger partial charge in [-0.05, 0) is 74.9 Å². The molecule has 2 atom stereocenters. The lowest BCUT2D eigenvalue weighted by molar-refractivity contribution is -0.130.